The van der Waals surface area contributed by atoms with Crippen molar-refractivity contribution in [3.05, 3.63) is 24.5 Å². The predicted octanol–water partition coefficient (Wildman–Crippen LogP) is 0.796. The first kappa shape index (κ1) is 8.68. The van der Waals surface area contributed by atoms with Crippen molar-refractivity contribution < 1.29 is 9.63 Å². The Morgan fingerprint density at radius 3 is 3.14 bits per heavy atom. The molecule has 0 unspecified atom stereocenters. The second-order valence-electron chi connectivity index (χ2n) is 2.82. The van der Waals surface area contributed by atoms with Gasteiger partial charge in [-0.25, -0.2) is 0 Å². The average molecular weight is 191 g/mol. The Kier molecular flexibility index (Phi) is 2.40. The highest BCUT2D eigenvalue weighted by atomic mass is 16.6. The van der Waals surface area contributed by atoms with E-state index in [1.165, 1.54) is 0 Å². The number of hydrogen-bond donors (Lipinski definition) is 1. The molecule has 14 heavy (non-hydrogen) atoms. The standard InChI is InChI=1S/C9H9N3O2/c13-9(8-3-5-14-12-8)11-7-2-1-4-10-6-7/h1-2,4,6H,3,5H2,(H,11,13). The molecule has 0 fully saturated rings. The number of oxime groups is 1. The minimum atomic E-state index is -0.226. The molecule has 2 heterocycles. The van der Waals surface area contributed by atoms with E-state index in [9.17, 15) is 4.79 Å². The van der Waals surface area contributed by atoms with Gasteiger partial charge in [-0.15, -0.1) is 0 Å². The first-order valence-corrected chi connectivity index (χ1v) is 4.26. The number of anilines is 1. The van der Waals surface area contributed by atoms with Crippen LogP contribution in [-0.4, -0.2) is 23.2 Å². The Morgan fingerprint density at radius 1 is 1.57 bits per heavy atom. The molecule has 1 amide bonds. The highest BCUT2D eigenvalue weighted by Crippen LogP contribution is 2.06. The van der Waals surface area contributed by atoms with Crippen LogP contribution in [0.25, 0.3) is 0 Å². The summed E-state index contributed by atoms with van der Waals surface area (Å²) in [5.41, 5.74) is 1.08. The molecular formula is C9H9N3O2. The topological polar surface area (TPSA) is 63.6 Å². The van der Waals surface area contributed by atoms with Gasteiger partial charge in [-0.2, -0.15) is 0 Å². The molecule has 1 aromatic heterocycles. The molecule has 1 aliphatic rings. The third-order valence-corrected chi connectivity index (χ3v) is 1.79. The van der Waals surface area contributed by atoms with E-state index in [-0.39, 0.29) is 5.91 Å². The number of rotatable bonds is 2. The van der Waals surface area contributed by atoms with Gasteiger partial charge in [-0.3, -0.25) is 9.78 Å². The lowest BCUT2D eigenvalue weighted by molar-refractivity contribution is -0.110. The molecule has 5 nitrogen and oxygen atoms in total. The van der Waals surface area contributed by atoms with Crippen molar-refractivity contribution in [3.8, 4) is 0 Å². The molecule has 72 valence electrons. The van der Waals surface area contributed by atoms with Gasteiger partial charge in [0.25, 0.3) is 5.91 Å². The van der Waals surface area contributed by atoms with Crippen LogP contribution in [0.3, 0.4) is 0 Å². The third-order valence-electron chi connectivity index (χ3n) is 1.79. The summed E-state index contributed by atoms with van der Waals surface area (Å²) in [6, 6.07) is 3.52. The second-order valence-corrected chi connectivity index (χ2v) is 2.82. The maximum absolute atomic E-state index is 11.5. The van der Waals surface area contributed by atoms with Crippen molar-refractivity contribution in [2.24, 2.45) is 5.16 Å². The summed E-state index contributed by atoms with van der Waals surface area (Å²) in [5.74, 6) is -0.226. The molecule has 0 saturated carbocycles. The first-order valence-electron chi connectivity index (χ1n) is 4.26. The third kappa shape index (κ3) is 1.87. The summed E-state index contributed by atoms with van der Waals surface area (Å²) >= 11 is 0. The SMILES string of the molecule is O=C(Nc1cccnc1)C1=NOCC1. The Hall–Kier alpha value is -1.91. The number of aromatic nitrogens is 1. The van der Waals surface area contributed by atoms with Gasteiger partial charge >= 0.3 is 0 Å². The maximum Gasteiger partial charge on any atom is 0.273 e. The molecule has 1 aliphatic heterocycles. The minimum absolute atomic E-state index is 0.226. The van der Waals surface area contributed by atoms with Crippen LogP contribution >= 0.6 is 0 Å². The van der Waals surface area contributed by atoms with Crippen molar-refractivity contribution in [1.82, 2.24) is 4.98 Å². The van der Waals surface area contributed by atoms with Crippen LogP contribution in [0.4, 0.5) is 5.69 Å². The number of amides is 1. The monoisotopic (exact) mass is 191 g/mol. The number of hydrogen-bond acceptors (Lipinski definition) is 4. The molecule has 0 spiro atoms. The van der Waals surface area contributed by atoms with Crippen LogP contribution in [0.1, 0.15) is 6.42 Å². The maximum atomic E-state index is 11.5. The molecule has 0 atom stereocenters. The lowest BCUT2D eigenvalue weighted by Crippen LogP contribution is -2.21. The van der Waals surface area contributed by atoms with Crippen molar-refractivity contribution in [3.63, 3.8) is 0 Å². The normalized spacial score (nSPS) is 14.4. The Labute approximate surface area is 80.8 Å². The van der Waals surface area contributed by atoms with Gasteiger partial charge in [-0.1, -0.05) is 5.16 Å². The lowest BCUT2D eigenvalue weighted by Gasteiger charge is -2.01. The molecule has 0 aromatic carbocycles. The van der Waals surface area contributed by atoms with Crippen LogP contribution in [0.15, 0.2) is 29.7 Å². The van der Waals surface area contributed by atoms with Gasteiger partial charge in [0.1, 0.15) is 12.3 Å². The molecular weight excluding hydrogens is 182 g/mol. The van der Waals surface area contributed by atoms with E-state index in [1.807, 2.05) is 0 Å². The van der Waals surface area contributed by atoms with Crippen molar-refractivity contribution in [2.75, 3.05) is 11.9 Å². The highest BCUT2D eigenvalue weighted by molar-refractivity contribution is 6.43. The van der Waals surface area contributed by atoms with Crippen LogP contribution in [0, 0.1) is 0 Å². The predicted molar refractivity (Wildman–Crippen MR) is 50.9 cm³/mol. The van der Waals surface area contributed by atoms with Crippen LogP contribution < -0.4 is 5.32 Å². The van der Waals surface area contributed by atoms with Crippen LogP contribution in [0.5, 0.6) is 0 Å². The molecule has 5 heteroatoms. The summed E-state index contributed by atoms with van der Waals surface area (Å²) in [4.78, 5) is 20.1. The van der Waals surface area contributed by atoms with Gasteiger partial charge in [0.05, 0.1) is 11.9 Å². The number of carbonyl (C=O) groups is 1. The fraction of sp³-hybridized carbons (Fsp3) is 0.222. The first-order chi connectivity index (χ1) is 6.86. The summed E-state index contributed by atoms with van der Waals surface area (Å²) in [6.45, 7) is 0.482. The van der Waals surface area contributed by atoms with Crippen LogP contribution in [0.2, 0.25) is 0 Å². The van der Waals surface area contributed by atoms with E-state index in [4.69, 9.17) is 4.84 Å². The molecule has 1 aromatic rings. The molecule has 0 aliphatic carbocycles. The number of nitrogens with zero attached hydrogens (tertiary/aromatic N) is 2. The lowest BCUT2D eigenvalue weighted by atomic mass is 10.2. The summed E-state index contributed by atoms with van der Waals surface area (Å²) < 4.78 is 0. The van der Waals surface area contributed by atoms with E-state index in [0.29, 0.717) is 24.4 Å². The minimum Gasteiger partial charge on any atom is -0.395 e. The smallest absolute Gasteiger partial charge is 0.273 e. The zero-order valence-corrected chi connectivity index (χ0v) is 7.43. The quantitative estimate of drug-likeness (QED) is 0.751. The second kappa shape index (κ2) is 3.87. The van der Waals surface area contributed by atoms with Crippen molar-refractivity contribution >= 4 is 17.3 Å². The fourth-order valence-corrected chi connectivity index (χ4v) is 1.11. The molecule has 2 rings (SSSR count). The average Bonchev–Trinajstić information content (AvgIpc) is 2.72. The zero-order chi connectivity index (χ0) is 9.80. The fourth-order valence-electron chi connectivity index (χ4n) is 1.11. The number of pyridine rings is 1. The highest BCUT2D eigenvalue weighted by Gasteiger charge is 2.16. The molecule has 0 saturated heterocycles. The van der Waals surface area contributed by atoms with Gasteiger partial charge in [0, 0.05) is 12.6 Å². The number of nitrogens with one attached hydrogen (secondary N) is 1. The molecule has 1 N–H and O–H groups in total. The van der Waals surface area contributed by atoms with E-state index in [2.05, 4.69) is 15.5 Å². The number of carbonyl (C=O) groups excluding carboxylic acids is 1. The van der Waals surface area contributed by atoms with Gasteiger partial charge in [0.2, 0.25) is 0 Å². The molecule has 0 bridgehead atoms. The van der Waals surface area contributed by atoms with E-state index < -0.39 is 0 Å². The Balaban J connectivity index is 2.01. The van der Waals surface area contributed by atoms with E-state index >= 15 is 0 Å². The van der Waals surface area contributed by atoms with Crippen molar-refractivity contribution in [1.29, 1.82) is 0 Å². The van der Waals surface area contributed by atoms with Gasteiger partial charge in [0.15, 0.2) is 0 Å². The van der Waals surface area contributed by atoms with E-state index in [0.717, 1.165) is 0 Å². The Morgan fingerprint density at radius 2 is 2.50 bits per heavy atom. The summed E-state index contributed by atoms with van der Waals surface area (Å²) in [6.07, 6.45) is 3.78. The van der Waals surface area contributed by atoms with Crippen LogP contribution in [-0.2, 0) is 9.63 Å². The summed E-state index contributed by atoms with van der Waals surface area (Å²) in [7, 11) is 0. The van der Waals surface area contributed by atoms with Gasteiger partial charge in [-0.05, 0) is 12.1 Å². The van der Waals surface area contributed by atoms with E-state index in [1.54, 1.807) is 24.5 Å². The Bertz CT molecular complexity index is 362. The van der Waals surface area contributed by atoms with Gasteiger partial charge < -0.3 is 10.2 Å². The van der Waals surface area contributed by atoms with Crippen molar-refractivity contribution in [2.45, 2.75) is 6.42 Å². The largest absolute Gasteiger partial charge is 0.395 e. The summed E-state index contributed by atoms with van der Waals surface area (Å²) in [5, 5.41) is 6.29. The molecule has 0 radical (unpaired) electrons. The zero-order valence-electron chi connectivity index (χ0n) is 7.43.